The summed E-state index contributed by atoms with van der Waals surface area (Å²) in [6.07, 6.45) is 5.48. The fourth-order valence-electron chi connectivity index (χ4n) is 7.03. The first-order valence-electron chi connectivity index (χ1n) is 11.9. The van der Waals surface area contributed by atoms with E-state index >= 15 is 0 Å². The summed E-state index contributed by atoms with van der Waals surface area (Å²) >= 11 is 0. The Hall–Kier alpha value is -2.17. The van der Waals surface area contributed by atoms with Gasteiger partial charge in [-0.2, -0.15) is 0 Å². The van der Waals surface area contributed by atoms with Crippen LogP contribution in [0.1, 0.15) is 46.5 Å². The second-order valence-electron chi connectivity index (χ2n) is 10.9. The van der Waals surface area contributed by atoms with Crippen molar-refractivity contribution in [3.63, 3.8) is 0 Å². The SMILES string of the molecule is C=CC[C@@]12C[C@@H](O[Si](c3ccccc3)(c3ccccc3)C(C)(C)C)[C@H]3CC[C@@H](OC1=O)[C@H]32. The third kappa shape index (κ3) is 2.99. The predicted octanol–water partition coefficient (Wildman–Crippen LogP) is 4.85. The molecule has 0 N–H and O–H groups in total. The van der Waals surface area contributed by atoms with E-state index in [1.807, 2.05) is 6.08 Å². The molecule has 3 aliphatic rings. The highest BCUT2D eigenvalue weighted by molar-refractivity contribution is 6.99. The third-order valence-electron chi connectivity index (χ3n) is 8.25. The van der Waals surface area contributed by atoms with Crippen LogP contribution in [0.2, 0.25) is 5.04 Å². The standard InChI is InChI=1S/C28H34O3Si/c1-5-18-28-19-24(22-16-17-23(25(22)28)30-26(28)29)31-32(27(2,3)4,20-12-8-6-9-13-20)21-14-10-7-11-15-21/h5-15,22-25H,1,16-19H2,2-4H3/t22-,23-,24-,25+,28+/m1/s1. The lowest BCUT2D eigenvalue weighted by atomic mass is 9.75. The van der Waals surface area contributed by atoms with E-state index in [-0.39, 0.29) is 29.1 Å². The lowest BCUT2D eigenvalue weighted by Crippen LogP contribution is -2.68. The van der Waals surface area contributed by atoms with Crippen molar-refractivity contribution in [2.24, 2.45) is 17.3 Å². The molecular formula is C28H34O3Si. The van der Waals surface area contributed by atoms with Gasteiger partial charge in [0.25, 0.3) is 8.32 Å². The summed E-state index contributed by atoms with van der Waals surface area (Å²) in [6.45, 7) is 10.9. The van der Waals surface area contributed by atoms with Gasteiger partial charge in [0, 0.05) is 5.92 Å². The van der Waals surface area contributed by atoms with Gasteiger partial charge in [0.2, 0.25) is 0 Å². The van der Waals surface area contributed by atoms with Crippen LogP contribution in [0.5, 0.6) is 0 Å². The smallest absolute Gasteiger partial charge is 0.313 e. The van der Waals surface area contributed by atoms with Crippen LogP contribution in [0.4, 0.5) is 0 Å². The molecule has 2 aromatic rings. The van der Waals surface area contributed by atoms with Gasteiger partial charge in [-0.05, 0) is 47.0 Å². The van der Waals surface area contributed by atoms with E-state index in [0.29, 0.717) is 12.3 Å². The van der Waals surface area contributed by atoms with Gasteiger partial charge >= 0.3 is 5.97 Å². The topological polar surface area (TPSA) is 35.5 Å². The molecule has 5 rings (SSSR count). The molecule has 0 amide bonds. The number of carbonyl (C=O) groups excluding carboxylic acids is 1. The highest BCUT2D eigenvalue weighted by atomic mass is 28.4. The van der Waals surface area contributed by atoms with Crippen LogP contribution in [-0.4, -0.2) is 26.5 Å². The molecule has 32 heavy (non-hydrogen) atoms. The lowest BCUT2D eigenvalue weighted by Gasteiger charge is -2.45. The predicted molar refractivity (Wildman–Crippen MR) is 130 cm³/mol. The molecule has 3 fully saturated rings. The highest BCUT2D eigenvalue weighted by Gasteiger charge is 2.69. The fourth-order valence-corrected chi connectivity index (χ4v) is 11.8. The third-order valence-corrected chi connectivity index (χ3v) is 13.3. The average molecular weight is 447 g/mol. The van der Waals surface area contributed by atoms with Crippen LogP contribution in [0.3, 0.4) is 0 Å². The van der Waals surface area contributed by atoms with Crippen molar-refractivity contribution < 1.29 is 14.0 Å². The summed E-state index contributed by atoms with van der Waals surface area (Å²) in [6, 6.07) is 21.6. The number of carbonyl (C=O) groups is 1. The number of esters is 1. The molecule has 1 heterocycles. The van der Waals surface area contributed by atoms with Crippen LogP contribution in [0.25, 0.3) is 0 Å². The first kappa shape index (κ1) is 21.7. The summed E-state index contributed by atoms with van der Waals surface area (Å²) in [5, 5.41) is 2.52. The number of benzene rings is 2. The summed E-state index contributed by atoms with van der Waals surface area (Å²) < 4.78 is 13.4. The Morgan fingerprint density at radius 1 is 1.06 bits per heavy atom. The van der Waals surface area contributed by atoms with Crippen molar-refractivity contribution in [1.29, 1.82) is 0 Å². The Kier molecular flexibility index (Phi) is 5.22. The highest BCUT2D eigenvalue weighted by Crippen LogP contribution is 2.63. The van der Waals surface area contributed by atoms with Crippen LogP contribution in [0.15, 0.2) is 73.3 Å². The normalized spacial score (nSPS) is 31.4. The maximum absolute atomic E-state index is 13.1. The molecular weight excluding hydrogens is 412 g/mol. The van der Waals surface area contributed by atoms with Crippen LogP contribution in [-0.2, 0) is 14.0 Å². The van der Waals surface area contributed by atoms with Gasteiger partial charge in [-0.1, -0.05) is 87.5 Å². The van der Waals surface area contributed by atoms with Crippen LogP contribution < -0.4 is 10.4 Å². The van der Waals surface area contributed by atoms with E-state index in [9.17, 15) is 4.79 Å². The van der Waals surface area contributed by atoms with Crippen molar-refractivity contribution in [2.45, 2.75) is 63.7 Å². The van der Waals surface area contributed by atoms with Gasteiger partial charge in [0.15, 0.2) is 0 Å². The zero-order chi connectivity index (χ0) is 22.6. The zero-order valence-corrected chi connectivity index (χ0v) is 20.4. The molecule has 2 aromatic carbocycles. The van der Waals surface area contributed by atoms with Crippen molar-refractivity contribution in [1.82, 2.24) is 0 Å². The summed E-state index contributed by atoms with van der Waals surface area (Å²) in [7, 11) is -2.66. The van der Waals surface area contributed by atoms with Crippen molar-refractivity contribution >= 4 is 24.7 Å². The molecule has 1 saturated heterocycles. The van der Waals surface area contributed by atoms with Crippen molar-refractivity contribution in [2.75, 3.05) is 0 Å². The molecule has 168 valence electrons. The van der Waals surface area contributed by atoms with E-state index in [1.54, 1.807) is 0 Å². The minimum Gasteiger partial charge on any atom is -0.462 e. The summed E-state index contributed by atoms with van der Waals surface area (Å²) in [5.41, 5.74) is -0.455. The van der Waals surface area contributed by atoms with Crippen molar-refractivity contribution in [3.8, 4) is 0 Å². The fraction of sp³-hybridized carbons (Fsp3) is 0.464. The molecule has 0 aromatic heterocycles. The summed E-state index contributed by atoms with van der Waals surface area (Å²) in [4.78, 5) is 13.1. The Morgan fingerprint density at radius 2 is 1.66 bits per heavy atom. The average Bonchev–Trinajstić information content (AvgIpc) is 3.41. The number of hydrogen-bond donors (Lipinski definition) is 0. The van der Waals surface area contributed by atoms with Crippen LogP contribution >= 0.6 is 0 Å². The Morgan fingerprint density at radius 3 is 2.19 bits per heavy atom. The minimum absolute atomic E-state index is 0.0225. The molecule has 5 atom stereocenters. The van der Waals surface area contributed by atoms with Gasteiger partial charge in [-0.3, -0.25) is 4.79 Å². The van der Waals surface area contributed by atoms with Gasteiger partial charge in [0.1, 0.15) is 6.10 Å². The number of ether oxygens (including phenoxy) is 1. The molecule has 0 radical (unpaired) electrons. The number of rotatable bonds is 6. The maximum atomic E-state index is 13.1. The Balaban J connectivity index is 1.63. The first-order chi connectivity index (χ1) is 15.3. The lowest BCUT2D eigenvalue weighted by molar-refractivity contribution is -0.149. The maximum Gasteiger partial charge on any atom is 0.313 e. The molecule has 2 saturated carbocycles. The number of allylic oxidation sites excluding steroid dienone is 1. The monoisotopic (exact) mass is 446 g/mol. The molecule has 0 bridgehead atoms. The number of hydrogen-bond acceptors (Lipinski definition) is 3. The van der Waals surface area contributed by atoms with Gasteiger partial charge < -0.3 is 9.16 Å². The molecule has 4 heteroatoms. The minimum atomic E-state index is -2.66. The Bertz CT molecular complexity index is 957. The van der Waals surface area contributed by atoms with Crippen LogP contribution in [0, 0.1) is 17.3 Å². The zero-order valence-electron chi connectivity index (χ0n) is 19.4. The molecule has 1 aliphatic heterocycles. The van der Waals surface area contributed by atoms with E-state index in [2.05, 4.69) is 88.0 Å². The second kappa shape index (κ2) is 7.70. The van der Waals surface area contributed by atoms with Gasteiger partial charge in [0.05, 0.1) is 11.5 Å². The van der Waals surface area contributed by atoms with E-state index in [0.717, 1.165) is 19.3 Å². The largest absolute Gasteiger partial charge is 0.462 e. The van der Waals surface area contributed by atoms with E-state index in [4.69, 9.17) is 9.16 Å². The first-order valence-corrected chi connectivity index (χ1v) is 13.9. The van der Waals surface area contributed by atoms with E-state index < -0.39 is 13.7 Å². The molecule has 2 aliphatic carbocycles. The van der Waals surface area contributed by atoms with Gasteiger partial charge in [-0.25, -0.2) is 0 Å². The molecule has 0 spiro atoms. The van der Waals surface area contributed by atoms with Gasteiger partial charge in [-0.15, -0.1) is 6.58 Å². The Labute approximate surface area is 193 Å². The summed E-state index contributed by atoms with van der Waals surface area (Å²) in [5.74, 6) is 0.606. The quantitative estimate of drug-likeness (QED) is 0.362. The molecule has 3 nitrogen and oxygen atoms in total. The second-order valence-corrected chi connectivity index (χ2v) is 15.1. The van der Waals surface area contributed by atoms with Crippen molar-refractivity contribution in [3.05, 3.63) is 73.3 Å². The van der Waals surface area contributed by atoms with E-state index in [1.165, 1.54) is 10.4 Å². The molecule has 0 unspecified atom stereocenters.